The van der Waals surface area contributed by atoms with Gasteiger partial charge in [0.2, 0.25) is 0 Å². The Bertz CT molecular complexity index is 878. The molecule has 0 spiro atoms. The van der Waals surface area contributed by atoms with Crippen molar-refractivity contribution in [3.63, 3.8) is 0 Å². The number of allylic oxidation sites excluding steroid dienone is 1. The molecule has 0 atom stereocenters. The first kappa shape index (κ1) is 18.1. The minimum atomic E-state index is 0.861. The van der Waals surface area contributed by atoms with E-state index in [0.717, 1.165) is 18.1 Å². The number of hydrogen-bond donors (Lipinski definition) is 1. The highest BCUT2D eigenvalue weighted by molar-refractivity contribution is 7.15. The summed E-state index contributed by atoms with van der Waals surface area (Å²) >= 11 is 1.79. The lowest BCUT2D eigenvalue weighted by atomic mass is 9.97. The smallest absolute Gasteiger partial charge is 0.107 e. The van der Waals surface area contributed by atoms with Crippen LogP contribution in [0.5, 0.6) is 0 Å². The molecule has 27 heavy (non-hydrogen) atoms. The standard InChI is InChI=1S/C24H26N2S/c1-3-7-19(8-4-1)15-16-25-18-24-26-17-23(27-24)22-13-11-21(12-14-22)20-9-5-2-6-10-20/h2,5-7,9-14,17,25H,1,3-4,8,15-16,18H2. The van der Waals surface area contributed by atoms with Crippen LogP contribution in [-0.2, 0) is 6.54 Å². The van der Waals surface area contributed by atoms with Gasteiger partial charge >= 0.3 is 0 Å². The Morgan fingerprint density at radius 2 is 1.67 bits per heavy atom. The van der Waals surface area contributed by atoms with Crippen molar-refractivity contribution in [2.75, 3.05) is 6.54 Å². The molecule has 1 aromatic heterocycles. The van der Waals surface area contributed by atoms with Crippen LogP contribution < -0.4 is 5.32 Å². The van der Waals surface area contributed by atoms with Crippen LogP contribution in [0.2, 0.25) is 0 Å². The van der Waals surface area contributed by atoms with Crippen LogP contribution in [0.4, 0.5) is 0 Å². The summed E-state index contributed by atoms with van der Waals surface area (Å²) in [6.45, 7) is 1.91. The summed E-state index contributed by atoms with van der Waals surface area (Å²) in [4.78, 5) is 5.84. The maximum Gasteiger partial charge on any atom is 0.107 e. The number of nitrogens with one attached hydrogen (secondary N) is 1. The van der Waals surface area contributed by atoms with Crippen molar-refractivity contribution < 1.29 is 0 Å². The minimum absolute atomic E-state index is 0.861. The molecule has 3 heteroatoms. The third kappa shape index (κ3) is 4.94. The van der Waals surface area contributed by atoms with Crippen molar-refractivity contribution >= 4 is 11.3 Å². The van der Waals surface area contributed by atoms with Crippen LogP contribution in [0.15, 0.2) is 72.4 Å². The molecule has 0 amide bonds. The zero-order valence-corrected chi connectivity index (χ0v) is 16.5. The predicted octanol–water partition coefficient (Wildman–Crippen LogP) is 6.46. The van der Waals surface area contributed by atoms with Gasteiger partial charge in [0.15, 0.2) is 0 Å². The molecule has 0 bridgehead atoms. The topological polar surface area (TPSA) is 24.9 Å². The first-order valence-corrected chi connectivity index (χ1v) is 10.7. The van der Waals surface area contributed by atoms with E-state index in [1.165, 1.54) is 53.7 Å². The van der Waals surface area contributed by atoms with Crippen LogP contribution >= 0.6 is 11.3 Å². The van der Waals surface area contributed by atoms with E-state index in [2.05, 4.69) is 71.0 Å². The van der Waals surface area contributed by atoms with E-state index < -0.39 is 0 Å². The fourth-order valence-corrected chi connectivity index (χ4v) is 4.45. The Kier molecular flexibility index (Phi) is 6.13. The highest BCUT2D eigenvalue weighted by atomic mass is 32.1. The van der Waals surface area contributed by atoms with Gasteiger partial charge in [-0.15, -0.1) is 11.3 Å². The Morgan fingerprint density at radius 1 is 0.889 bits per heavy atom. The number of thiazole rings is 1. The monoisotopic (exact) mass is 374 g/mol. The summed E-state index contributed by atoms with van der Waals surface area (Å²) < 4.78 is 0. The number of hydrogen-bond acceptors (Lipinski definition) is 3. The van der Waals surface area contributed by atoms with Gasteiger partial charge in [-0.05, 0) is 55.3 Å². The SMILES string of the molecule is C1=C(CCNCc2ncc(-c3ccc(-c4ccccc4)cc3)s2)CCCC1. The van der Waals surface area contributed by atoms with E-state index in [-0.39, 0.29) is 0 Å². The maximum atomic E-state index is 4.60. The van der Waals surface area contributed by atoms with E-state index in [1.54, 1.807) is 16.9 Å². The highest BCUT2D eigenvalue weighted by Gasteiger charge is 2.06. The number of rotatable bonds is 7. The van der Waals surface area contributed by atoms with Gasteiger partial charge in [0, 0.05) is 12.7 Å². The van der Waals surface area contributed by atoms with E-state index in [9.17, 15) is 0 Å². The van der Waals surface area contributed by atoms with E-state index in [4.69, 9.17) is 0 Å². The Balaban J connectivity index is 1.31. The number of benzene rings is 2. The molecule has 0 radical (unpaired) electrons. The molecule has 138 valence electrons. The minimum Gasteiger partial charge on any atom is -0.310 e. The van der Waals surface area contributed by atoms with Crippen LogP contribution in [-0.4, -0.2) is 11.5 Å². The van der Waals surface area contributed by atoms with Gasteiger partial charge in [-0.3, -0.25) is 0 Å². The molecule has 2 aromatic carbocycles. The second kappa shape index (κ2) is 9.12. The zero-order chi connectivity index (χ0) is 18.3. The molecule has 1 aliphatic rings. The fourth-order valence-electron chi connectivity index (χ4n) is 3.56. The molecule has 0 saturated heterocycles. The lowest BCUT2D eigenvalue weighted by Crippen LogP contribution is -2.15. The van der Waals surface area contributed by atoms with Crippen LogP contribution in [0, 0.1) is 0 Å². The zero-order valence-electron chi connectivity index (χ0n) is 15.7. The molecule has 3 aromatic rings. The van der Waals surface area contributed by atoms with Crippen molar-refractivity contribution in [2.24, 2.45) is 0 Å². The molecule has 0 saturated carbocycles. The van der Waals surface area contributed by atoms with Gasteiger partial charge in [0.1, 0.15) is 5.01 Å². The van der Waals surface area contributed by atoms with Crippen molar-refractivity contribution in [3.8, 4) is 21.6 Å². The average molecular weight is 375 g/mol. The van der Waals surface area contributed by atoms with E-state index in [1.807, 2.05) is 6.20 Å². The summed E-state index contributed by atoms with van der Waals surface area (Å²) in [5.74, 6) is 0. The Hall–Kier alpha value is -2.23. The van der Waals surface area contributed by atoms with Gasteiger partial charge in [-0.1, -0.05) is 66.2 Å². The third-order valence-corrected chi connectivity index (χ3v) is 6.16. The summed E-state index contributed by atoms with van der Waals surface area (Å²) in [6, 6.07) is 19.3. The van der Waals surface area contributed by atoms with Crippen LogP contribution in [0.25, 0.3) is 21.6 Å². The third-order valence-electron chi connectivity index (χ3n) is 5.11. The molecule has 0 unspecified atom stereocenters. The van der Waals surface area contributed by atoms with Crippen LogP contribution in [0.3, 0.4) is 0 Å². The second-order valence-electron chi connectivity index (χ2n) is 7.10. The van der Waals surface area contributed by atoms with Crippen molar-refractivity contribution in [3.05, 3.63) is 77.5 Å². The summed E-state index contributed by atoms with van der Waals surface area (Å²) in [7, 11) is 0. The normalized spacial score (nSPS) is 14.1. The summed E-state index contributed by atoms with van der Waals surface area (Å²) in [5, 5.41) is 4.71. The van der Waals surface area contributed by atoms with Crippen LogP contribution in [0.1, 0.15) is 37.1 Å². The van der Waals surface area contributed by atoms with E-state index in [0.29, 0.717) is 0 Å². The first-order valence-electron chi connectivity index (χ1n) is 9.88. The second-order valence-corrected chi connectivity index (χ2v) is 8.21. The number of nitrogens with zero attached hydrogens (tertiary/aromatic N) is 1. The molecule has 4 rings (SSSR count). The molecule has 1 N–H and O–H groups in total. The van der Waals surface area contributed by atoms with Gasteiger partial charge in [0.25, 0.3) is 0 Å². The van der Waals surface area contributed by atoms with Crippen molar-refractivity contribution in [2.45, 2.75) is 38.6 Å². The maximum absolute atomic E-state index is 4.60. The van der Waals surface area contributed by atoms with Crippen molar-refractivity contribution in [1.29, 1.82) is 0 Å². The number of aromatic nitrogens is 1. The van der Waals surface area contributed by atoms with Gasteiger partial charge in [-0.25, -0.2) is 4.98 Å². The summed E-state index contributed by atoms with van der Waals surface area (Å²) in [6.07, 6.45) is 10.9. The van der Waals surface area contributed by atoms with Gasteiger partial charge < -0.3 is 5.32 Å². The highest BCUT2D eigenvalue weighted by Crippen LogP contribution is 2.28. The van der Waals surface area contributed by atoms with Gasteiger partial charge in [0.05, 0.1) is 4.88 Å². The fraction of sp³-hybridized carbons (Fsp3) is 0.292. The average Bonchev–Trinajstić information content (AvgIpc) is 3.22. The van der Waals surface area contributed by atoms with Crippen molar-refractivity contribution in [1.82, 2.24) is 10.3 Å². The molecule has 1 aliphatic carbocycles. The quantitative estimate of drug-likeness (QED) is 0.379. The summed E-state index contributed by atoms with van der Waals surface area (Å²) in [5.41, 5.74) is 5.38. The molecule has 0 fully saturated rings. The molecule has 2 nitrogen and oxygen atoms in total. The first-order chi connectivity index (χ1) is 13.4. The lowest BCUT2D eigenvalue weighted by Gasteiger charge is -2.12. The molecule has 1 heterocycles. The van der Waals surface area contributed by atoms with Gasteiger partial charge in [-0.2, -0.15) is 0 Å². The molecule has 0 aliphatic heterocycles. The largest absolute Gasteiger partial charge is 0.310 e. The lowest BCUT2D eigenvalue weighted by molar-refractivity contribution is 0.631. The molecular formula is C24H26N2S. The Labute approximate surface area is 166 Å². The Morgan fingerprint density at radius 3 is 2.44 bits per heavy atom. The van der Waals surface area contributed by atoms with E-state index >= 15 is 0 Å². The molecular weight excluding hydrogens is 348 g/mol. The predicted molar refractivity (Wildman–Crippen MR) is 116 cm³/mol.